The predicted octanol–water partition coefficient (Wildman–Crippen LogP) is 1.32. The molecule has 1 fully saturated rings. The molecule has 0 heterocycles. The van der Waals surface area contributed by atoms with Gasteiger partial charge in [-0.25, -0.2) is 4.79 Å². The lowest BCUT2D eigenvalue weighted by molar-refractivity contribution is 0.0697. The van der Waals surface area contributed by atoms with Crippen molar-refractivity contribution in [1.82, 2.24) is 0 Å². The molecule has 0 radical (unpaired) electrons. The lowest BCUT2D eigenvalue weighted by Gasteiger charge is -2.39. The standard InChI is InChI=1S/C13H18N2O3/c14-9-4-5-12(11(8-9)13(17)18)15(6-7-16)10-2-1-3-10/h4-5,8,10,16H,1-3,6-7,14H2,(H,17,18). The monoisotopic (exact) mass is 250 g/mol. The van der Waals surface area contributed by atoms with E-state index < -0.39 is 5.97 Å². The molecule has 0 spiro atoms. The predicted molar refractivity (Wildman–Crippen MR) is 69.9 cm³/mol. The van der Waals surface area contributed by atoms with E-state index in [1.165, 1.54) is 6.07 Å². The van der Waals surface area contributed by atoms with Crippen molar-refractivity contribution in [2.75, 3.05) is 23.8 Å². The van der Waals surface area contributed by atoms with Crippen LogP contribution in [-0.4, -0.2) is 35.4 Å². The Morgan fingerprint density at radius 3 is 2.67 bits per heavy atom. The fraction of sp³-hybridized carbons (Fsp3) is 0.462. The Labute approximate surface area is 106 Å². The summed E-state index contributed by atoms with van der Waals surface area (Å²) in [6, 6.07) is 5.23. The molecule has 0 amide bonds. The molecule has 2 rings (SSSR count). The number of hydrogen-bond acceptors (Lipinski definition) is 4. The van der Waals surface area contributed by atoms with Crippen LogP contribution in [0.4, 0.5) is 11.4 Å². The molecule has 0 bridgehead atoms. The van der Waals surface area contributed by atoms with E-state index in [9.17, 15) is 9.90 Å². The van der Waals surface area contributed by atoms with Crippen LogP contribution in [0.15, 0.2) is 18.2 Å². The van der Waals surface area contributed by atoms with Crippen LogP contribution in [0, 0.1) is 0 Å². The Hall–Kier alpha value is -1.75. The van der Waals surface area contributed by atoms with Crippen LogP contribution in [0.1, 0.15) is 29.6 Å². The third-order valence-electron chi connectivity index (χ3n) is 3.42. The molecule has 1 saturated carbocycles. The van der Waals surface area contributed by atoms with Gasteiger partial charge in [0.1, 0.15) is 0 Å². The van der Waals surface area contributed by atoms with Gasteiger partial charge in [-0.3, -0.25) is 0 Å². The summed E-state index contributed by atoms with van der Waals surface area (Å²) in [5, 5.41) is 18.4. The molecule has 5 heteroatoms. The molecule has 0 saturated heterocycles. The van der Waals surface area contributed by atoms with Gasteiger partial charge in [0.25, 0.3) is 0 Å². The summed E-state index contributed by atoms with van der Waals surface area (Å²) < 4.78 is 0. The molecule has 1 aliphatic carbocycles. The van der Waals surface area contributed by atoms with Gasteiger partial charge in [-0.05, 0) is 37.5 Å². The summed E-state index contributed by atoms with van der Waals surface area (Å²) in [5.41, 5.74) is 6.92. The lowest BCUT2D eigenvalue weighted by Crippen LogP contribution is -2.42. The highest BCUT2D eigenvalue weighted by Gasteiger charge is 2.27. The molecule has 0 aromatic heterocycles. The molecule has 4 N–H and O–H groups in total. The lowest BCUT2D eigenvalue weighted by atomic mass is 9.90. The number of carboxylic acid groups (broad SMARTS) is 1. The highest BCUT2D eigenvalue weighted by atomic mass is 16.4. The minimum Gasteiger partial charge on any atom is -0.478 e. The van der Waals surface area contributed by atoms with Crippen LogP contribution in [0.3, 0.4) is 0 Å². The van der Waals surface area contributed by atoms with Crippen molar-refractivity contribution in [2.24, 2.45) is 0 Å². The molecular formula is C13H18N2O3. The molecule has 98 valence electrons. The number of rotatable bonds is 5. The minimum absolute atomic E-state index is 0.0138. The highest BCUT2D eigenvalue weighted by Crippen LogP contribution is 2.32. The minimum atomic E-state index is -0.987. The van der Waals surface area contributed by atoms with Gasteiger partial charge in [-0.2, -0.15) is 0 Å². The van der Waals surface area contributed by atoms with Crippen LogP contribution in [0.2, 0.25) is 0 Å². The number of nitrogen functional groups attached to an aromatic ring is 1. The number of carbonyl (C=O) groups is 1. The van der Waals surface area contributed by atoms with Gasteiger partial charge < -0.3 is 20.8 Å². The summed E-state index contributed by atoms with van der Waals surface area (Å²) >= 11 is 0. The van der Waals surface area contributed by atoms with Gasteiger partial charge in [0.15, 0.2) is 0 Å². The van der Waals surface area contributed by atoms with Crippen LogP contribution >= 0.6 is 0 Å². The Kier molecular flexibility index (Phi) is 3.72. The number of carboxylic acids is 1. The number of aliphatic hydroxyl groups excluding tert-OH is 1. The van der Waals surface area contributed by atoms with Gasteiger partial charge in [-0.15, -0.1) is 0 Å². The smallest absolute Gasteiger partial charge is 0.337 e. The van der Waals surface area contributed by atoms with Crippen molar-refractivity contribution in [1.29, 1.82) is 0 Å². The number of hydrogen-bond donors (Lipinski definition) is 3. The van der Waals surface area contributed by atoms with Crippen LogP contribution in [-0.2, 0) is 0 Å². The van der Waals surface area contributed by atoms with Crippen LogP contribution in [0.25, 0.3) is 0 Å². The fourth-order valence-electron chi connectivity index (χ4n) is 2.28. The first-order chi connectivity index (χ1) is 8.63. The molecule has 1 aromatic carbocycles. The highest BCUT2D eigenvalue weighted by molar-refractivity contribution is 5.95. The number of aromatic carboxylic acids is 1. The van der Waals surface area contributed by atoms with Crippen molar-refractivity contribution < 1.29 is 15.0 Å². The van der Waals surface area contributed by atoms with E-state index in [1.807, 2.05) is 4.90 Å². The first kappa shape index (κ1) is 12.7. The number of benzene rings is 1. The molecule has 1 aliphatic rings. The van der Waals surface area contributed by atoms with Crippen LogP contribution in [0.5, 0.6) is 0 Å². The van der Waals surface area contributed by atoms with E-state index in [0.29, 0.717) is 24.0 Å². The maximum atomic E-state index is 11.3. The summed E-state index contributed by atoms with van der Waals surface area (Å²) in [5.74, 6) is -0.987. The zero-order valence-corrected chi connectivity index (χ0v) is 10.2. The number of aliphatic hydroxyl groups is 1. The Morgan fingerprint density at radius 2 is 2.17 bits per heavy atom. The summed E-state index contributed by atoms with van der Waals surface area (Å²) in [6.07, 6.45) is 3.25. The number of nitrogens with two attached hydrogens (primary N) is 1. The first-order valence-electron chi connectivity index (χ1n) is 6.14. The van der Waals surface area contributed by atoms with Gasteiger partial charge in [0.2, 0.25) is 0 Å². The molecule has 0 atom stereocenters. The van der Waals surface area contributed by atoms with Gasteiger partial charge >= 0.3 is 5.97 Å². The van der Waals surface area contributed by atoms with E-state index >= 15 is 0 Å². The summed E-state index contributed by atoms with van der Waals surface area (Å²) in [7, 11) is 0. The van der Waals surface area contributed by atoms with E-state index in [-0.39, 0.29) is 12.2 Å². The Balaban J connectivity index is 2.36. The average Bonchev–Trinajstić information content (AvgIpc) is 2.26. The molecule has 1 aromatic rings. The van der Waals surface area contributed by atoms with Crippen molar-refractivity contribution in [3.05, 3.63) is 23.8 Å². The molecule has 18 heavy (non-hydrogen) atoms. The van der Waals surface area contributed by atoms with Crippen molar-refractivity contribution in [2.45, 2.75) is 25.3 Å². The zero-order chi connectivity index (χ0) is 13.1. The molecule has 0 aliphatic heterocycles. The van der Waals surface area contributed by atoms with E-state index in [4.69, 9.17) is 10.8 Å². The second kappa shape index (κ2) is 5.27. The largest absolute Gasteiger partial charge is 0.478 e. The van der Waals surface area contributed by atoms with Crippen molar-refractivity contribution in [3.8, 4) is 0 Å². The fourth-order valence-corrected chi connectivity index (χ4v) is 2.28. The summed E-state index contributed by atoms with van der Waals surface area (Å²) in [4.78, 5) is 13.2. The normalized spacial score (nSPS) is 15.2. The first-order valence-corrected chi connectivity index (χ1v) is 6.14. The van der Waals surface area contributed by atoms with Gasteiger partial charge in [0, 0.05) is 18.3 Å². The second-order valence-corrected chi connectivity index (χ2v) is 4.58. The third kappa shape index (κ3) is 2.41. The van der Waals surface area contributed by atoms with Crippen LogP contribution < -0.4 is 10.6 Å². The maximum Gasteiger partial charge on any atom is 0.337 e. The van der Waals surface area contributed by atoms with E-state index in [0.717, 1.165) is 19.3 Å². The third-order valence-corrected chi connectivity index (χ3v) is 3.42. The quantitative estimate of drug-likeness (QED) is 0.686. The van der Waals surface area contributed by atoms with E-state index in [2.05, 4.69) is 0 Å². The average molecular weight is 250 g/mol. The Bertz CT molecular complexity index is 444. The Morgan fingerprint density at radius 1 is 1.44 bits per heavy atom. The second-order valence-electron chi connectivity index (χ2n) is 4.58. The SMILES string of the molecule is Nc1ccc(N(CCO)C2CCC2)c(C(=O)O)c1. The molecular weight excluding hydrogens is 232 g/mol. The van der Waals surface area contributed by atoms with E-state index in [1.54, 1.807) is 12.1 Å². The van der Waals surface area contributed by atoms with Crippen molar-refractivity contribution in [3.63, 3.8) is 0 Å². The molecule has 5 nitrogen and oxygen atoms in total. The number of nitrogens with zero attached hydrogens (tertiary/aromatic N) is 1. The van der Waals surface area contributed by atoms with Crippen molar-refractivity contribution >= 4 is 17.3 Å². The summed E-state index contributed by atoms with van der Waals surface area (Å²) in [6.45, 7) is 0.467. The number of anilines is 2. The van der Waals surface area contributed by atoms with Gasteiger partial charge in [-0.1, -0.05) is 0 Å². The topological polar surface area (TPSA) is 86.8 Å². The molecule has 0 unspecified atom stereocenters. The van der Waals surface area contributed by atoms with Gasteiger partial charge in [0.05, 0.1) is 17.9 Å². The zero-order valence-electron chi connectivity index (χ0n) is 10.2. The maximum absolute atomic E-state index is 11.3.